The van der Waals surface area contributed by atoms with Gasteiger partial charge in [-0.15, -0.1) is 0 Å². The highest BCUT2D eigenvalue weighted by atomic mass is 16.2. The summed E-state index contributed by atoms with van der Waals surface area (Å²) in [4.78, 5) is 29.9. The number of rotatable bonds is 7. The lowest BCUT2D eigenvalue weighted by atomic mass is 9.88. The van der Waals surface area contributed by atoms with Crippen molar-refractivity contribution in [2.75, 3.05) is 26.2 Å². The summed E-state index contributed by atoms with van der Waals surface area (Å²) in [5.41, 5.74) is 1.65. The van der Waals surface area contributed by atoms with Crippen molar-refractivity contribution in [1.29, 1.82) is 0 Å². The van der Waals surface area contributed by atoms with E-state index in [0.717, 1.165) is 25.1 Å². The zero-order chi connectivity index (χ0) is 20.1. The topological polar surface area (TPSA) is 52.7 Å². The second-order valence-corrected chi connectivity index (χ2v) is 7.96. The number of carbonyl (C=O) groups excluding carboxylic acids is 2. The number of nitrogens with zero attached hydrogens (tertiary/aromatic N) is 2. The second-order valence-electron chi connectivity index (χ2n) is 7.96. The van der Waals surface area contributed by atoms with Gasteiger partial charge in [-0.1, -0.05) is 55.0 Å². The third kappa shape index (κ3) is 4.51. The van der Waals surface area contributed by atoms with Crippen molar-refractivity contribution in [2.45, 2.75) is 37.8 Å². The van der Waals surface area contributed by atoms with Crippen LogP contribution in [0.25, 0.3) is 0 Å². The van der Waals surface area contributed by atoms with E-state index < -0.39 is 6.04 Å². The first-order chi connectivity index (χ1) is 14.2. The summed E-state index contributed by atoms with van der Waals surface area (Å²) in [7, 11) is 0. The quantitative estimate of drug-likeness (QED) is 0.737. The molecule has 0 unspecified atom stereocenters. The number of likely N-dealkylation sites (tertiary alicyclic amines) is 2. The molecule has 0 saturated carbocycles. The summed E-state index contributed by atoms with van der Waals surface area (Å²) < 4.78 is 0. The molecule has 2 atom stereocenters. The Kier molecular flexibility index (Phi) is 6.25. The fourth-order valence-electron chi connectivity index (χ4n) is 4.42. The van der Waals surface area contributed by atoms with Gasteiger partial charge in [0.05, 0.1) is 6.04 Å². The molecule has 2 aliphatic rings. The van der Waals surface area contributed by atoms with Crippen LogP contribution in [0, 0.1) is 0 Å². The van der Waals surface area contributed by atoms with Gasteiger partial charge in [-0.3, -0.25) is 9.59 Å². The largest absolute Gasteiger partial charge is 0.338 e. The van der Waals surface area contributed by atoms with E-state index in [4.69, 9.17) is 0 Å². The molecule has 1 N–H and O–H groups in total. The molecule has 0 radical (unpaired) electrons. The molecule has 2 aromatic carbocycles. The second kappa shape index (κ2) is 9.23. The van der Waals surface area contributed by atoms with E-state index in [9.17, 15) is 9.59 Å². The van der Waals surface area contributed by atoms with Crippen LogP contribution in [0.15, 0.2) is 60.7 Å². The molecule has 5 nitrogen and oxygen atoms in total. The summed E-state index contributed by atoms with van der Waals surface area (Å²) in [6.45, 7) is 4.11. The van der Waals surface area contributed by atoms with Crippen LogP contribution in [0.2, 0.25) is 0 Å². The van der Waals surface area contributed by atoms with Crippen LogP contribution in [0.4, 0.5) is 0 Å². The molecule has 2 aliphatic heterocycles. The molecule has 0 aliphatic carbocycles. The number of β-lactam (4-membered cyclic amide) rings is 1. The highest BCUT2D eigenvalue weighted by Gasteiger charge is 2.48. The van der Waals surface area contributed by atoms with Gasteiger partial charge in [-0.05, 0) is 56.6 Å². The lowest BCUT2D eigenvalue weighted by Gasteiger charge is -2.48. The third-order valence-electron chi connectivity index (χ3n) is 5.99. The molecule has 0 aromatic heterocycles. The van der Waals surface area contributed by atoms with Gasteiger partial charge in [-0.25, -0.2) is 0 Å². The molecule has 0 spiro atoms. The van der Waals surface area contributed by atoms with Gasteiger partial charge in [0.2, 0.25) is 5.91 Å². The SMILES string of the molecule is O=C(N[C@H]1C(=O)N(CCCN2CCCCC2)[C@H]1c1ccccc1)c1ccccc1. The molecule has 2 amide bonds. The van der Waals surface area contributed by atoms with Gasteiger partial charge in [0.1, 0.15) is 6.04 Å². The van der Waals surface area contributed by atoms with Gasteiger partial charge in [-0.2, -0.15) is 0 Å². The van der Waals surface area contributed by atoms with Gasteiger partial charge in [0.25, 0.3) is 5.91 Å². The van der Waals surface area contributed by atoms with Crippen LogP contribution < -0.4 is 5.32 Å². The van der Waals surface area contributed by atoms with E-state index in [0.29, 0.717) is 5.56 Å². The summed E-state index contributed by atoms with van der Waals surface area (Å²) in [6.07, 6.45) is 4.86. The predicted octanol–water partition coefficient (Wildman–Crippen LogP) is 3.24. The molecular weight excluding hydrogens is 362 g/mol. The molecule has 2 saturated heterocycles. The lowest BCUT2D eigenvalue weighted by Crippen LogP contribution is -2.65. The van der Waals surface area contributed by atoms with Crippen molar-refractivity contribution in [3.05, 3.63) is 71.8 Å². The molecule has 2 fully saturated rings. The average Bonchev–Trinajstić information content (AvgIpc) is 2.79. The Labute approximate surface area is 172 Å². The van der Waals surface area contributed by atoms with E-state index in [2.05, 4.69) is 10.2 Å². The minimum absolute atomic E-state index is 0.0155. The number of benzene rings is 2. The van der Waals surface area contributed by atoms with E-state index >= 15 is 0 Å². The summed E-state index contributed by atoms with van der Waals surface area (Å²) in [5, 5.41) is 2.96. The maximum Gasteiger partial charge on any atom is 0.251 e. The van der Waals surface area contributed by atoms with Crippen LogP contribution in [-0.2, 0) is 4.79 Å². The lowest BCUT2D eigenvalue weighted by molar-refractivity contribution is -0.151. The summed E-state index contributed by atoms with van der Waals surface area (Å²) >= 11 is 0. The minimum Gasteiger partial charge on any atom is -0.338 e. The van der Waals surface area contributed by atoms with Crippen molar-refractivity contribution in [3.63, 3.8) is 0 Å². The zero-order valence-electron chi connectivity index (χ0n) is 16.8. The number of amides is 2. The van der Waals surface area contributed by atoms with Gasteiger partial charge >= 0.3 is 0 Å². The number of carbonyl (C=O) groups is 2. The van der Waals surface area contributed by atoms with Crippen molar-refractivity contribution in [2.24, 2.45) is 0 Å². The normalized spacial score (nSPS) is 22.2. The number of nitrogens with one attached hydrogen (secondary N) is 1. The number of piperidine rings is 1. The summed E-state index contributed by atoms with van der Waals surface area (Å²) in [6, 6.07) is 18.5. The maximum atomic E-state index is 12.9. The first-order valence-electron chi connectivity index (χ1n) is 10.7. The first kappa shape index (κ1) is 19.6. The van der Waals surface area contributed by atoms with Crippen LogP contribution in [0.1, 0.15) is 47.6 Å². The highest BCUT2D eigenvalue weighted by Crippen LogP contribution is 2.35. The third-order valence-corrected chi connectivity index (χ3v) is 5.99. The maximum absolute atomic E-state index is 12.9. The molecule has 0 bridgehead atoms. The fraction of sp³-hybridized carbons (Fsp3) is 0.417. The van der Waals surface area contributed by atoms with Crippen LogP contribution in [0.3, 0.4) is 0 Å². The van der Waals surface area contributed by atoms with Gasteiger partial charge < -0.3 is 15.1 Å². The molecule has 2 heterocycles. The Bertz CT molecular complexity index is 819. The van der Waals surface area contributed by atoms with E-state index in [1.165, 1.54) is 32.4 Å². The smallest absolute Gasteiger partial charge is 0.251 e. The van der Waals surface area contributed by atoms with Crippen LogP contribution in [-0.4, -0.2) is 53.8 Å². The first-order valence-corrected chi connectivity index (χ1v) is 10.7. The Hall–Kier alpha value is -2.66. The molecule has 152 valence electrons. The molecule has 4 rings (SSSR count). The van der Waals surface area contributed by atoms with Crippen LogP contribution in [0.5, 0.6) is 0 Å². The highest BCUT2D eigenvalue weighted by molar-refractivity contribution is 6.00. The Morgan fingerprint density at radius 3 is 2.24 bits per heavy atom. The fourth-order valence-corrected chi connectivity index (χ4v) is 4.42. The Morgan fingerprint density at radius 2 is 1.55 bits per heavy atom. The summed E-state index contributed by atoms with van der Waals surface area (Å²) in [5.74, 6) is -0.181. The average molecular weight is 392 g/mol. The molecule has 2 aromatic rings. The Morgan fingerprint density at radius 1 is 0.897 bits per heavy atom. The molecule has 5 heteroatoms. The standard InChI is InChI=1S/C24H29N3O2/c28-23(20-13-6-2-7-14-20)25-21-22(19-11-4-1-5-12-19)27(24(21)29)18-10-17-26-15-8-3-9-16-26/h1-2,4-7,11-14,21-22H,3,8-10,15-18H2,(H,25,28)/t21-,22+/m1/s1. The molecule has 29 heavy (non-hydrogen) atoms. The monoisotopic (exact) mass is 391 g/mol. The predicted molar refractivity (Wildman–Crippen MR) is 114 cm³/mol. The van der Waals surface area contributed by atoms with Crippen molar-refractivity contribution < 1.29 is 9.59 Å². The Balaban J connectivity index is 1.41. The van der Waals surface area contributed by atoms with Crippen LogP contribution >= 0.6 is 0 Å². The van der Waals surface area contributed by atoms with E-state index in [1.807, 2.05) is 53.4 Å². The number of hydrogen-bond donors (Lipinski definition) is 1. The molecular formula is C24H29N3O2. The minimum atomic E-state index is -0.500. The zero-order valence-corrected chi connectivity index (χ0v) is 16.8. The van der Waals surface area contributed by atoms with Crippen molar-refractivity contribution in [1.82, 2.24) is 15.1 Å². The van der Waals surface area contributed by atoms with E-state index in [1.54, 1.807) is 12.1 Å². The van der Waals surface area contributed by atoms with E-state index in [-0.39, 0.29) is 17.9 Å². The van der Waals surface area contributed by atoms with Gasteiger partial charge in [0, 0.05) is 12.1 Å². The van der Waals surface area contributed by atoms with Crippen molar-refractivity contribution in [3.8, 4) is 0 Å². The number of hydrogen-bond acceptors (Lipinski definition) is 3. The van der Waals surface area contributed by atoms with Gasteiger partial charge in [0.15, 0.2) is 0 Å². The van der Waals surface area contributed by atoms with Crippen molar-refractivity contribution >= 4 is 11.8 Å².